The van der Waals surface area contributed by atoms with Crippen LogP contribution in [0.15, 0.2) is 42.9 Å². The number of amides is 1. The van der Waals surface area contributed by atoms with E-state index in [1.54, 1.807) is 18.0 Å². The largest absolute Gasteiger partial charge is 0.339 e. The van der Waals surface area contributed by atoms with E-state index in [1.807, 2.05) is 30.8 Å². The van der Waals surface area contributed by atoms with Gasteiger partial charge in [0.1, 0.15) is 5.82 Å². The molecule has 0 atom stereocenters. The van der Waals surface area contributed by atoms with Crippen molar-refractivity contribution in [1.82, 2.24) is 19.4 Å². The molecular weight excluding hydrogens is 403 g/mol. The summed E-state index contributed by atoms with van der Waals surface area (Å²) in [4.78, 5) is 21.5. The van der Waals surface area contributed by atoms with Crippen molar-refractivity contribution in [3.63, 3.8) is 0 Å². The third kappa shape index (κ3) is 4.16. The highest BCUT2D eigenvalue weighted by Gasteiger charge is 2.27. The van der Waals surface area contributed by atoms with Crippen molar-refractivity contribution in [3.8, 4) is 5.69 Å². The van der Waals surface area contributed by atoms with Crippen molar-refractivity contribution >= 4 is 16.8 Å². The van der Waals surface area contributed by atoms with E-state index in [0.717, 1.165) is 23.7 Å². The lowest BCUT2D eigenvalue weighted by molar-refractivity contribution is 0.0754. The highest BCUT2D eigenvalue weighted by molar-refractivity contribution is 5.99. The minimum atomic E-state index is -0.411. The van der Waals surface area contributed by atoms with E-state index in [2.05, 4.69) is 36.2 Å². The van der Waals surface area contributed by atoms with Gasteiger partial charge in [-0.15, -0.1) is 0 Å². The van der Waals surface area contributed by atoms with E-state index >= 15 is 0 Å². The van der Waals surface area contributed by atoms with Gasteiger partial charge >= 0.3 is 0 Å². The second-order valence-corrected chi connectivity index (χ2v) is 9.49. The highest BCUT2D eigenvalue weighted by Crippen LogP contribution is 2.39. The maximum Gasteiger partial charge on any atom is 0.256 e. The SMILES string of the molecule is CC(C)N(C)C(=O)c1cc(F)ccc1-n1cc([C@H]2CC[C@@H](N(C)C)CC2)c2ccncc21. The van der Waals surface area contributed by atoms with Gasteiger partial charge in [0.05, 0.1) is 23.0 Å². The molecule has 6 heteroatoms. The van der Waals surface area contributed by atoms with Gasteiger partial charge in [-0.25, -0.2) is 4.39 Å². The van der Waals surface area contributed by atoms with Gasteiger partial charge in [0.2, 0.25) is 0 Å². The van der Waals surface area contributed by atoms with Crippen molar-refractivity contribution in [2.75, 3.05) is 21.1 Å². The van der Waals surface area contributed by atoms with E-state index in [0.29, 0.717) is 23.2 Å². The van der Waals surface area contributed by atoms with Crippen LogP contribution in [-0.4, -0.2) is 58.5 Å². The average molecular weight is 437 g/mol. The number of rotatable bonds is 5. The summed E-state index contributed by atoms with van der Waals surface area (Å²) in [6.07, 6.45) is 10.4. The summed E-state index contributed by atoms with van der Waals surface area (Å²) in [5, 5.41) is 1.16. The third-order valence-electron chi connectivity index (χ3n) is 7.05. The van der Waals surface area contributed by atoms with Crippen LogP contribution in [0.2, 0.25) is 0 Å². The summed E-state index contributed by atoms with van der Waals surface area (Å²) < 4.78 is 16.2. The Hall–Kier alpha value is -2.73. The summed E-state index contributed by atoms with van der Waals surface area (Å²) in [6, 6.07) is 7.19. The fourth-order valence-corrected chi connectivity index (χ4v) is 4.84. The molecule has 0 radical (unpaired) electrons. The lowest BCUT2D eigenvalue weighted by atomic mass is 9.81. The Morgan fingerprint density at radius 1 is 1.12 bits per heavy atom. The van der Waals surface area contributed by atoms with E-state index in [-0.39, 0.29) is 11.9 Å². The molecule has 0 aliphatic heterocycles. The monoisotopic (exact) mass is 436 g/mol. The van der Waals surface area contributed by atoms with Crippen LogP contribution < -0.4 is 0 Å². The maximum atomic E-state index is 14.2. The molecule has 4 rings (SSSR count). The van der Waals surface area contributed by atoms with Crippen molar-refractivity contribution in [2.24, 2.45) is 0 Å². The Labute approximate surface area is 189 Å². The zero-order valence-electron chi connectivity index (χ0n) is 19.7. The third-order valence-corrected chi connectivity index (χ3v) is 7.05. The van der Waals surface area contributed by atoms with Crippen LogP contribution in [0.25, 0.3) is 16.6 Å². The van der Waals surface area contributed by atoms with Gasteiger partial charge in [0.15, 0.2) is 0 Å². The van der Waals surface area contributed by atoms with Crippen molar-refractivity contribution in [3.05, 3.63) is 59.8 Å². The predicted octanol–water partition coefficient (Wildman–Crippen LogP) is 5.23. The number of carbonyl (C=O) groups excluding carboxylic acids is 1. The van der Waals surface area contributed by atoms with Crippen LogP contribution in [0.1, 0.15) is 61.4 Å². The molecule has 3 aromatic rings. The number of fused-ring (bicyclic) bond motifs is 1. The molecule has 32 heavy (non-hydrogen) atoms. The normalized spacial score (nSPS) is 19.1. The molecular formula is C26H33FN4O. The number of nitrogens with zero attached hydrogens (tertiary/aromatic N) is 4. The minimum Gasteiger partial charge on any atom is -0.339 e. The van der Waals surface area contributed by atoms with Crippen LogP contribution in [0.4, 0.5) is 4.39 Å². The van der Waals surface area contributed by atoms with Gasteiger partial charge in [-0.1, -0.05) is 0 Å². The fourth-order valence-electron chi connectivity index (χ4n) is 4.84. The van der Waals surface area contributed by atoms with Gasteiger partial charge in [-0.05, 0) is 89.4 Å². The molecule has 0 bridgehead atoms. The van der Waals surface area contributed by atoms with Crippen LogP contribution in [-0.2, 0) is 0 Å². The van der Waals surface area contributed by atoms with Crippen LogP contribution in [0.5, 0.6) is 0 Å². The average Bonchev–Trinajstić information content (AvgIpc) is 3.17. The van der Waals surface area contributed by atoms with E-state index < -0.39 is 5.82 Å². The molecule has 170 valence electrons. The number of halogens is 1. The van der Waals surface area contributed by atoms with Crippen LogP contribution in [0.3, 0.4) is 0 Å². The summed E-state index contributed by atoms with van der Waals surface area (Å²) in [5.74, 6) is -0.130. The number of hydrogen-bond acceptors (Lipinski definition) is 3. The second-order valence-electron chi connectivity index (χ2n) is 9.49. The molecule has 0 unspecified atom stereocenters. The van der Waals surface area contributed by atoms with Gasteiger partial charge < -0.3 is 14.4 Å². The first kappa shape index (κ1) is 22.5. The topological polar surface area (TPSA) is 41.4 Å². The molecule has 0 spiro atoms. The number of hydrogen-bond donors (Lipinski definition) is 0. The molecule has 1 amide bonds. The van der Waals surface area contributed by atoms with Crippen molar-refractivity contribution < 1.29 is 9.18 Å². The molecule has 5 nitrogen and oxygen atoms in total. The number of pyridine rings is 1. The van der Waals surface area contributed by atoms with Crippen LogP contribution >= 0.6 is 0 Å². The molecule has 1 aliphatic rings. The first-order valence-electron chi connectivity index (χ1n) is 11.5. The molecule has 1 saturated carbocycles. The van der Waals surface area contributed by atoms with Gasteiger partial charge in [-0.3, -0.25) is 9.78 Å². The standard InChI is InChI=1S/C26H33FN4O/c1-17(2)30(5)26(32)22-14-19(27)8-11-24(22)31-16-23(21-12-13-28-15-25(21)31)18-6-9-20(10-7-18)29(3)4/h8,11-18,20H,6-7,9-10H2,1-5H3/t18-,20+. The van der Waals surface area contributed by atoms with Crippen LogP contribution in [0, 0.1) is 5.82 Å². The van der Waals surface area contributed by atoms with Gasteiger partial charge in [0, 0.05) is 36.9 Å². The number of aromatic nitrogens is 2. The van der Waals surface area contributed by atoms with E-state index in [9.17, 15) is 9.18 Å². The zero-order chi connectivity index (χ0) is 23.0. The fraction of sp³-hybridized carbons (Fsp3) is 0.462. The lowest BCUT2D eigenvalue weighted by Crippen LogP contribution is -2.33. The quantitative estimate of drug-likeness (QED) is 0.550. The van der Waals surface area contributed by atoms with Gasteiger partial charge in [0.25, 0.3) is 5.91 Å². The predicted molar refractivity (Wildman–Crippen MR) is 127 cm³/mol. The molecule has 1 fully saturated rings. The molecule has 1 aliphatic carbocycles. The van der Waals surface area contributed by atoms with E-state index in [4.69, 9.17) is 0 Å². The number of carbonyl (C=O) groups is 1. The molecule has 0 N–H and O–H groups in total. The Bertz CT molecular complexity index is 1110. The smallest absolute Gasteiger partial charge is 0.256 e. The summed E-state index contributed by atoms with van der Waals surface area (Å²) in [6.45, 7) is 3.90. The molecule has 0 saturated heterocycles. The number of benzene rings is 1. The Kier molecular flexibility index (Phi) is 6.33. The summed E-state index contributed by atoms with van der Waals surface area (Å²) in [7, 11) is 6.07. The van der Waals surface area contributed by atoms with Crippen molar-refractivity contribution in [2.45, 2.75) is 57.5 Å². The Morgan fingerprint density at radius 2 is 1.84 bits per heavy atom. The Morgan fingerprint density at radius 3 is 2.50 bits per heavy atom. The summed E-state index contributed by atoms with van der Waals surface area (Å²) >= 11 is 0. The molecule has 2 aromatic heterocycles. The maximum absolute atomic E-state index is 14.2. The highest BCUT2D eigenvalue weighted by atomic mass is 19.1. The zero-order valence-corrected chi connectivity index (χ0v) is 19.7. The van der Waals surface area contributed by atoms with Crippen molar-refractivity contribution in [1.29, 1.82) is 0 Å². The molecule has 2 heterocycles. The lowest BCUT2D eigenvalue weighted by Gasteiger charge is -2.32. The first-order valence-corrected chi connectivity index (χ1v) is 11.5. The molecule has 1 aromatic carbocycles. The first-order chi connectivity index (χ1) is 15.3. The minimum absolute atomic E-state index is 0.0177. The van der Waals surface area contributed by atoms with E-state index in [1.165, 1.54) is 30.5 Å². The second kappa shape index (κ2) is 9.02. The van der Waals surface area contributed by atoms with Gasteiger partial charge in [-0.2, -0.15) is 0 Å². The Balaban J connectivity index is 1.80. The summed E-state index contributed by atoms with van der Waals surface area (Å²) in [5.41, 5.74) is 3.30.